The molecule has 0 aromatic carbocycles. The maximum Gasteiger partial charge on any atom is 0.339 e. The van der Waals surface area contributed by atoms with E-state index in [4.69, 9.17) is 4.74 Å². The number of anilines is 1. The average Bonchev–Trinajstić information content (AvgIpc) is 3.38. The van der Waals surface area contributed by atoms with Gasteiger partial charge < -0.3 is 10.1 Å². The summed E-state index contributed by atoms with van der Waals surface area (Å²) in [5.41, 5.74) is 2.25. The molecule has 2 aromatic heterocycles. The van der Waals surface area contributed by atoms with Crippen molar-refractivity contribution in [1.82, 2.24) is 15.0 Å². The lowest BCUT2D eigenvalue weighted by molar-refractivity contribution is 0.0599. The van der Waals surface area contributed by atoms with Crippen LogP contribution in [-0.4, -0.2) is 28.0 Å². The molecule has 0 saturated heterocycles. The number of hydrogen-bond acceptors (Lipinski definition) is 6. The van der Waals surface area contributed by atoms with Gasteiger partial charge >= 0.3 is 5.97 Å². The highest BCUT2D eigenvalue weighted by molar-refractivity contribution is 9.10. The normalized spacial score (nSPS) is 13.7. The highest BCUT2D eigenvalue weighted by Gasteiger charge is 2.30. The largest absolute Gasteiger partial charge is 0.465 e. The Bertz CT molecular complexity index is 686. The van der Waals surface area contributed by atoms with Gasteiger partial charge in [-0.2, -0.15) is 0 Å². The Morgan fingerprint density at radius 2 is 2.09 bits per heavy atom. The van der Waals surface area contributed by atoms with Crippen molar-refractivity contribution >= 4 is 27.8 Å². The van der Waals surface area contributed by atoms with Crippen molar-refractivity contribution in [3.8, 4) is 0 Å². The molecule has 1 aliphatic carbocycles. The number of hydrogen-bond donors (Lipinski definition) is 1. The summed E-state index contributed by atoms with van der Waals surface area (Å²) in [6.45, 7) is 0.503. The summed E-state index contributed by atoms with van der Waals surface area (Å²) in [7, 11) is 1.39. The zero-order valence-corrected chi connectivity index (χ0v) is 13.6. The van der Waals surface area contributed by atoms with Gasteiger partial charge in [-0.1, -0.05) is 0 Å². The molecular weight excluding hydrogens is 348 g/mol. The van der Waals surface area contributed by atoms with Crippen LogP contribution in [0.5, 0.6) is 0 Å². The monoisotopic (exact) mass is 362 g/mol. The van der Waals surface area contributed by atoms with Gasteiger partial charge in [0.25, 0.3) is 0 Å². The number of nitrogens with one attached hydrogen (secondary N) is 1. The van der Waals surface area contributed by atoms with Crippen molar-refractivity contribution in [3.63, 3.8) is 0 Å². The highest BCUT2D eigenvalue weighted by Crippen LogP contribution is 2.40. The van der Waals surface area contributed by atoms with Crippen LogP contribution in [0.25, 0.3) is 0 Å². The van der Waals surface area contributed by atoms with Crippen molar-refractivity contribution in [2.24, 2.45) is 0 Å². The van der Waals surface area contributed by atoms with E-state index >= 15 is 0 Å². The first-order chi connectivity index (χ1) is 10.7. The van der Waals surface area contributed by atoms with Gasteiger partial charge in [-0.3, -0.25) is 4.98 Å². The number of carbonyl (C=O) groups is 1. The van der Waals surface area contributed by atoms with E-state index in [1.807, 2.05) is 6.07 Å². The second-order valence-electron chi connectivity index (χ2n) is 5.08. The quantitative estimate of drug-likeness (QED) is 0.824. The van der Waals surface area contributed by atoms with Crippen LogP contribution in [0.1, 0.15) is 40.5 Å². The Labute approximate surface area is 136 Å². The molecule has 3 rings (SSSR count). The summed E-state index contributed by atoms with van der Waals surface area (Å²) in [6, 6.07) is 3.61. The van der Waals surface area contributed by atoms with Gasteiger partial charge in [-0.25, -0.2) is 14.8 Å². The van der Waals surface area contributed by atoms with E-state index in [0.717, 1.165) is 28.7 Å². The summed E-state index contributed by atoms with van der Waals surface area (Å²) in [6.07, 6.45) is 5.50. The molecule has 6 nitrogen and oxygen atoms in total. The zero-order chi connectivity index (χ0) is 15.5. The molecule has 1 N–H and O–H groups in total. The van der Waals surface area contributed by atoms with Crippen LogP contribution in [0.4, 0.5) is 5.95 Å². The van der Waals surface area contributed by atoms with E-state index in [9.17, 15) is 4.79 Å². The van der Waals surface area contributed by atoms with E-state index < -0.39 is 0 Å². The van der Waals surface area contributed by atoms with Crippen LogP contribution in [0.15, 0.2) is 29.0 Å². The van der Waals surface area contributed by atoms with Crippen molar-refractivity contribution < 1.29 is 9.53 Å². The Kier molecular flexibility index (Phi) is 4.33. The fraction of sp³-hybridized carbons (Fsp3) is 0.333. The number of halogens is 1. The Balaban J connectivity index is 1.75. The number of rotatable bonds is 5. The van der Waals surface area contributed by atoms with Crippen LogP contribution >= 0.6 is 15.9 Å². The van der Waals surface area contributed by atoms with Gasteiger partial charge in [0.05, 0.1) is 35.1 Å². The molecule has 0 spiro atoms. The second-order valence-corrected chi connectivity index (χ2v) is 6.00. The standard InChI is InChI=1S/C15H15BrN4O2/c1-22-14(21)12-5-4-11(20-13(12)9-2-3-9)8-19-15-17-6-10(16)7-18-15/h4-7,9H,2-3,8H2,1H3,(H,17,18,19). The van der Waals surface area contributed by atoms with Crippen molar-refractivity contribution in [1.29, 1.82) is 0 Å². The minimum atomic E-state index is -0.329. The molecule has 0 aliphatic heterocycles. The Hall–Kier alpha value is -2.02. The molecule has 0 unspecified atom stereocenters. The maximum absolute atomic E-state index is 11.8. The van der Waals surface area contributed by atoms with E-state index in [-0.39, 0.29) is 5.97 Å². The third-order valence-electron chi connectivity index (χ3n) is 3.40. The number of methoxy groups -OCH3 is 1. The lowest BCUT2D eigenvalue weighted by Crippen LogP contribution is -2.11. The maximum atomic E-state index is 11.8. The molecule has 1 aliphatic rings. The number of ether oxygens (including phenoxy) is 1. The number of esters is 1. The van der Waals surface area contributed by atoms with Crippen LogP contribution in [0.3, 0.4) is 0 Å². The molecule has 2 heterocycles. The summed E-state index contributed by atoms with van der Waals surface area (Å²) >= 11 is 3.29. The topological polar surface area (TPSA) is 77.0 Å². The smallest absolute Gasteiger partial charge is 0.339 e. The fourth-order valence-corrected chi connectivity index (χ4v) is 2.34. The molecule has 7 heteroatoms. The van der Waals surface area contributed by atoms with Gasteiger partial charge in [0.1, 0.15) is 0 Å². The molecule has 22 heavy (non-hydrogen) atoms. The average molecular weight is 363 g/mol. The summed E-state index contributed by atoms with van der Waals surface area (Å²) in [5, 5.41) is 3.12. The van der Waals surface area contributed by atoms with Crippen LogP contribution in [0.2, 0.25) is 0 Å². The third-order valence-corrected chi connectivity index (χ3v) is 3.81. The molecule has 0 radical (unpaired) electrons. The first-order valence-corrected chi connectivity index (χ1v) is 7.76. The molecule has 1 saturated carbocycles. The number of nitrogens with zero attached hydrogens (tertiary/aromatic N) is 3. The van der Waals surface area contributed by atoms with Crippen molar-refractivity contribution in [2.75, 3.05) is 12.4 Å². The van der Waals surface area contributed by atoms with Gasteiger partial charge in [0.2, 0.25) is 5.95 Å². The van der Waals surface area contributed by atoms with Crippen molar-refractivity contribution in [2.45, 2.75) is 25.3 Å². The number of aromatic nitrogens is 3. The van der Waals surface area contributed by atoms with Gasteiger partial charge in [0.15, 0.2) is 0 Å². The van der Waals surface area contributed by atoms with E-state index in [0.29, 0.717) is 24.0 Å². The lowest BCUT2D eigenvalue weighted by Gasteiger charge is -2.09. The summed E-state index contributed by atoms with van der Waals surface area (Å²) in [4.78, 5) is 24.7. The Morgan fingerprint density at radius 1 is 1.36 bits per heavy atom. The summed E-state index contributed by atoms with van der Waals surface area (Å²) in [5.74, 6) is 0.582. The summed E-state index contributed by atoms with van der Waals surface area (Å²) < 4.78 is 5.64. The Morgan fingerprint density at radius 3 is 2.73 bits per heavy atom. The molecular formula is C15H15BrN4O2. The first-order valence-electron chi connectivity index (χ1n) is 6.97. The van der Waals surface area contributed by atoms with Crippen molar-refractivity contribution in [3.05, 3.63) is 46.0 Å². The molecule has 114 valence electrons. The molecule has 0 bridgehead atoms. The fourth-order valence-electron chi connectivity index (χ4n) is 2.14. The number of pyridine rings is 1. The molecule has 2 aromatic rings. The first kappa shape index (κ1) is 14.9. The van der Waals surface area contributed by atoms with Crippen LogP contribution in [-0.2, 0) is 11.3 Å². The van der Waals surface area contributed by atoms with Gasteiger partial charge in [0, 0.05) is 18.3 Å². The van der Waals surface area contributed by atoms with E-state index in [1.54, 1.807) is 18.5 Å². The predicted octanol–water partition coefficient (Wildman–Crippen LogP) is 2.91. The van der Waals surface area contributed by atoms with Gasteiger partial charge in [-0.15, -0.1) is 0 Å². The van der Waals surface area contributed by atoms with Gasteiger partial charge in [-0.05, 0) is 40.9 Å². The zero-order valence-electron chi connectivity index (χ0n) is 12.0. The molecule has 0 atom stereocenters. The minimum absolute atomic E-state index is 0.329. The van der Waals surface area contributed by atoms with E-state index in [2.05, 4.69) is 36.2 Å². The van der Waals surface area contributed by atoms with E-state index in [1.165, 1.54) is 7.11 Å². The highest BCUT2D eigenvalue weighted by atomic mass is 79.9. The SMILES string of the molecule is COC(=O)c1ccc(CNc2ncc(Br)cn2)nc1C1CC1. The van der Waals surface area contributed by atoms with Crippen LogP contribution in [0, 0.1) is 0 Å². The number of carbonyl (C=O) groups excluding carboxylic acids is 1. The predicted molar refractivity (Wildman–Crippen MR) is 84.6 cm³/mol. The molecule has 1 fully saturated rings. The molecule has 0 amide bonds. The van der Waals surface area contributed by atoms with Crippen LogP contribution < -0.4 is 5.32 Å². The minimum Gasteiger partial charge on any atom is -0.465 e. The second kappa shape index (κ2) is 6.39. The third kappa shape index (κ3) is 3.41. The lowest BCUT2D eigenvalue weighted by atomic mass is 10.1.